The zero-order valence-corrected chi connectivity index (χ0v) is 10.4. The third-order valence-electron chi connectivity index (χ3n) is 2.41. The standard InChI is InChI=1S/C12H10Cl2N2O/c13-9-2-1-3-10(14)8(9)6-16-5-4-12(17)11(15)7-16/h1-5,7H,6,15H2. The molecule has 0 bridgehead atoms. The Morgan fingerprint density at radius 3 is 2.41 bits per heavy atom. The molecule has 0 saturated carbocycles. The molecule has 0 aliphatic carbocycles. The van der Waals surface area contributed by atoms with Gasteiger partial charge in [-0.15, -0.1) is 0 Å². The van der Waals surface area contributed by atoms with Crippen LogP contribution >= 0.6 is 23.2 Å². The highest BCUT2D eigenvalue weighted by Gasteiger charge is 2.06. The summed E-state index contributed by atoms with van der Waals surface area (Å²) in [4.78, 5) is 11.2. The monoisotopic (exact) mass is 268 g/mol. The Labute approximate surface area is 108 Å². The van der Waals surface area contributed by atoms with Crippen LogP contribution < -0.4 is 11.2 Å². The average molecular weight is 269 g/mol. The summed E-state index contributed by atoms with van der Waals surface area (Å²) in [6.07, 6.45) is 3.22. The fraction of sp³-hybridized carbons (Fsp3) is 0.0833. The zero-order valence-electron chi connectivity index (χ0n) is 8.86. The minimum atomic E-state index is -0.188. The van der Waals surface area contributed by atoms with Crippen LogP contribution in [0.3, 0.4) is 0 Å². The number of hydrogen-bond donors (Lipinski definition) is 1. The van der Waals surface area contributed by atoms with Crippen LogP contribution in [0.5, 0.6) is 0 Å². The minimum absolute atomic E-state index is 0.188. The van der Waals surface area contributed by atoms with Crippen molar-refractivity contribution in [2.45, 2.75) is 6.54 Å². The van der Waals surface area contributed by atoms with E-state index in [1.807, 2.05) is 0 Å². The average Bonchev–Trinajstić information content (AvgIpc) is 2.28. The largest absolute Gasteiger partial charge is 0.394 e. The number of nitrogens with zero attached hydrogens (tertiary/aromatic N) is 1. The van der Waals surface area contributed by atoms with Gasteiger partial charge in [-0.3, -0.25) is 4.79 Å². The predicted molar refractivity (Wildman–Crippen MR) is 70.7 cm³/mol. The molecule has 2 rings (SSSR count). The van der Waals surface area contributed by atoms with E-state index in [-0.39, 0.29) is 11.1 Å². The van der Waals surface area contributed by atoms with Gasteiger partial charge in [-0.2, -0.15) is 0 Å². The van der Waals surface area contributed by atoms with Crippen molar-refractivity contribution < 1.29 is 0 Å². The summed E-state index contributed by atoms with van der Waals surface area (Å²) in [6.45, 7) is 0.475. The fourth-order valence-electron chi connectivity index (χ4n) is 1.51. The van der Waals surface area contributed by atoms with E-state index < -0.39 is 0 Å². The highest BCUT2D eigenvalue weighted by molar-refractivity contribution is 6.35. The summed E-state index contributed by atoms with van der Waals surface area (Å²) in [5, 5.41) is 1.18. The van der Waals surface area contributed by atoms with Crippen molar-refractivity contribution in [3.8, 4) is 0 Å². The molecule has 0 radical (unpaired) electrons. The number of halogens is 2. The molecule has 0 fully saturated rings. The molecule has 1 aromatic carbocycles. The molecule has 1 aromatic heterocycles. The molecule has 2 aromatic rings. The number of benzene rings is 1. The molecule has 0 unspecified atom stereocenters. The van der Waals surface area contributed by atoms with Crippen LogP contribution in [0.1, 0.15) is 5.56 Å². The van der Waals surface area contributed by atoms with Gasteiger partial charge in [-0.05, 0) is 12.1 Å². The third-order valence-corrected chi connectivity index (χ3v) is 3.12. The Morgan fingerprint density at radius 2 is 1.82 bits per heavy atom. The molecule has 88 valence electrons. The quantitative estimate of drug-likeness (QED) is 0.911. The molecule has 0 spiro atoms. The smallest absolute Gasteiger partial charge is 0.204 e. The number of pyridine rings is 1. The minimum Gasteiger partial charge on any atom is -0.394 e. The molecule has 1 heterocycles. The van der Waals surface area contributed by atoms with E-state index in [0.29, 0.717) is 16.6 Å². The van der Waals surface area contributed by atoms with Crippen LogP contribution in [0.2, 0.25) is 10.0 Å². The van der Waals surface area contributed by atoms with E-state index in [1.54, 1.807) is 35.2 Å². The number of nitrogens with two attached hydrogens (primary N) is 1. The molecule has 0 atom stereocenters. The van der Waals surface area contributed by atoms with Crippen molar-refractivity contribution in [1.29, 1.82) is 0 Å². The van der Waals surface area contributed by atoms with E-state index in [9.17, 15) is 4.79 Å². The van der Waals surface area contributed by atoms with Gasteiger partial charge >= 0.3 is 0 Å². The molecular formula is C12H10Cl2N2O. The SMILES string of the molecule is Nc1cn(Cc2c(Cl)cccc2Cl)ccc1=O. The number of anilines is 1. The summed E-state index contributed by atoms with van der Waals surface area (Å²) in [5.41, 5.74) is 6.37. The van der Waals surface area contributed by atoms with Crippen LogP contribution in [0.25, 0.3) is 0 Å². The highest BCUT2D eigenvalue weighted by Crippen LogP contribution is 2.24. The molecule has 0 aliphatic heterocycles. The van der Waals surface area contributed by atoms with Crippen molar-refractivity contribution in [3.05, 3.63) is 62.5 Å². The normalized spacial score (nSPS) is 10.5. The summed E-state index contributed by atoms with van der Waals surface area (Å²) in [6, 6.07) is 6.75. The highest BCUT2D eigenvalue weighted by atomic mass is 35.5. The summed E-state index contributed by atoms with van der Waals surface area (Å²) < 4.78 is 1.77. The van der Waals surface area contributed by atoms with Crippen LogP contribution in [0.4, 0.5) is 5.69 Å². The van der Waals surface area contributed by atoms with E-state index in [1.165, 1.54) is 6.07 Å². The van der Waals surface area contributed by atoms with Crippen molar-refractivity contribution in [2.75, 3.05) is 5.73 Å². The Bertz CT molecular complexity index is 587. The second-order valence-electron chi connectivity index (χ2n) is 3.64. The van der Waals surface area contributed by atoms with Gasteiger partial charge in [-0.1, -0.05) is 29.3 Å². The number of aromatic nitrogens is 1. The number of nitrogen functional groups attached to an aromatic ring is 1. The summed E-state index contributed by atoms with van der Waals surface area (Å²) >= 11 is 12.1. The molecule has 2 N–H and O–H groups in total. The van der Waals surface area contributed by atoms with Crippen LogP contribution in [0, 0.1) is 0 Å². The predicted octanol–water partition coefficient (Wildman–Crippen LogP) is 2.79. The van der Waals surface area contributed by atoms with Crippen molar-refractivity contribution in [1.82, 2.24) is 4.57 Å². The summed E-state index contributed by atoms with van der Waals surface area (Å²) in [7, 11) is 0. The Balaban J connectivity index is 2.38. The van der Waals surface area contributed by atoms with Gasteiger partial charge in [0.15, 0.2) is 0 Å². The lowest BCUT2D eigenvalue weighted by atomic mass is 10.2. The maximum atomic E-state index is 11.2. The molecule has 0 amide bonds. The van der Waals surface area contributed by atoms with Crippen LogP contribution in [-0.2, 0) is 6.54 Å². The lowest BCUT2D eigenvalue weighted by Crippen LogP contribution is -2.11. The molecule has 0 saturated heterocycles. The lowest BCUT2D eigenvalue weighted by molar-refractivity contribution is 0.791. The Hall–Kier alpha value is -1.45. The first-order valence-corrected chi connectivity index (χ1v) is 5.72. The Kier molecular flexibility index (Phi) is 3.41. The number of rotatable bonds is 2. The molecule has 17 heavy (non-hydrogen) atoms. The third kappa shape index (κ3) is 2.62. The topological polar surface area (TPSA) is 48.0 Å². The fourth-order valence-corrected chi connectivity index (χ4v) is 2.03. The Morgan fingerprint density at radius 1 is 1.18 bits per heavy atom. The van der Waals surface area contributed by atoms with Crippen LogP contribution in [0.15, 0.2) is 41.5 Å². The van der Waals surface area contributed by atoms with E-state index in [2.05, 4.69) is 0 Å². The molecule has 3 nitrogen and oxygen atoms in total. The van der Waals surface area contributed by atoms with Gasteiger partial charge in [0, 0.05) is 34.1 Å². The van der Waals surface area contributed by atoms with E-state index >= 15 is 0 Å². The van der Waals surface area contributed by atoms with Crippen molar-refractivity contribution in [3.63, 3.8) is 0 Å². The van der Waals surface area contributed by atoms with Gasteiger partial charge in [0.1, 0.15) is 0 Å². The van der Waals surface area contributed by atoms with Gasteiger partial charge in [-0.25, -0.2) is 0 Å². The molecule has 0 aliphatic rings. The lowest BCUT2D eigenvalue weighted by Gasteiger charge is -2.10. The van der Waals surface area contributed by atoms with E-state index in [4.69, 9.17) is 28.9 Å². The van der Waals surface area contributed by atoms with Crippen molar-refractivity contribution in [2.24, 2.45) is 0 Å². The summed E-state index contributed by atoms with van der Waals surface area (Å²) in [5.74, 6) is 0. The van der Waals surface area contributed by atoms with Gasteiger partial charge in [0.25, 0.3) is 0 Å². The first-order valence-electron chi connectivity index (χ1n) is 4.96. The maximum Gasteiger partial charge on any atom is 0.204 e. The van der Waals surface area contributed by atoms with E-state index in [0.717, 1.165) is 5.56 Å². The first-order chi connectivity index (χ1) is 8.08. The first kappa shape index (κ1) is 12.0. The second-order valence-corrected chi connectivity index (χ2v) is 4.45. The van der Waals surface area contributed by atoms with Gasteiger partial charge < -0.3 is 10.3 Å². The molecular weight excluding hydrogens is 259 g/mol. The zero-order chi connectivity index (χ0) is 12.4. The molecule has 5 heteroatoms. The number of hydrogen-bond acceptors (Lipinski definition) is 2. The van der Waals surface area contributed by atoms with Gasteiger partial charge in [0.05, 0.1) is 12.2 Å². The van der Waals surface area contributed by atoms with Crippen LogP contribution in [-0.4, -0.2) is 4.57 Å². The van der Waals surface area contributed by atoms with Crippen molar-refractivity contribution >= 4 is 28.9 Å². The van der Waals surface area contributed by atoms with Gasteiger partial charge in [0.2, 0.25) is 5.43 Å². The maximum absolute atomic E-state index is 11.2. The second kappa shape index (κ2) is 4.82.